The third-order valence-electron chi connectivity index (χ3n) is 4.84. The van der Waals surface area contributed by atoms with Crippen molar-refractivity contribution in [2.75, 3.05) is 4.72 Å². The molecule has 3 aromatic rings. The van der Waals surface area contributed by atoms with E-state index in [1.54, 1.807) is 19.9 Å². The number of carbonyl (C=O) groups excluding carboxylic acids is 2. The molecule has 0 radical (unpaired) electrons. The van der Waals surface area contributed by atoms with Gasteiger partial charge in [-0.3, -0.25) is 9.59 Å². The first-order valence-electron chi connectivity index (χ1n) is 10.2. The number of halogens is 1. The minimum atomic E-state index is -3.91. The number of hydrogen-bond acceptors (Lipinski definition) is 9. The van der Waals surface area contributed by atoms with Crippen molar-refractivity contribution in [3.05, 3.63) is 77.1 Å². The first-order chi connectivity index (χ1) is 16.6. The Labute approximate surface area is 205 Å². The van der Waals surface area contributed by atoms with Crippen LogP contribution in [-0.4, -0.2) is 47.0 Å². The Bertz CT molecular complexity index is 1460. The molecule has 0 saturated carbocycles. The van der Waals surface area contributed by atoms with E-state index in [1.807, 2.05) is 0 Å². The molecule has 2 amide bonds. The van der Waals surface area contributed by atoms with E-state index in [4.69, 9.17) is 11.6 Å². The molecule has 0 saturated heterocycles. The summed E-state index contributed by atoms with van der Waals surface area (Å²) in [5.74, 6) is -1.29. The van der Waals surface area contributed by atoms with E-state index >= 15 is 0 Å². The maximum atomic E-state index is 12.7. The van der Waals surface area contributed by atoms with E-state index in [2.05, 4.69) is 30.0 Å². The van der Waals surface area contributed by atoms with Crippen molar-refractivity contribution < 1.29 is 18.0 Å². The highest BCUT2D eigenvalue weighted by molar-refractivity contribution is 7.92. The van der Waals surface area contributed by atoms with Crippen LogP contribution in [0.1, 0.15) is 23.0 Å². The number of carbonyl (C=O) groups is 2. The van der Waals surface area contributed by atoms with Gasteiger partial charge in [0.05, 0.1) is 16.3 Å². The van der Waals surface area contributed by atoms with E-state index in [9.17, 15) is 18.0 Å². The van der Waals surface area contributed by atoms with Crippen LogP contribution < -0.4 is 4.72 Å². The number of imide groups is 1. The third kappa shape index (κ3) is 5.39. The second-order valence-electron chi connectivity index (χ2n) is 7.44. The first-order valence-corrected chi connectivity index (χ1v) is 12.0. The monoisotopic (exact) mass is 511 g/mol. The summed E-state index contributed by atoms with van der Waals surface area (Å²) in [6, 6.07) is 12.2. The maximum absolute atomic E-state index is 12.7. The Balaban J connectivity index is 1.45. The average molecular weight is 512 g/mol. The molecule has 2 heterocycles. The van der Waals surface area contributed by atoms with Crippen molar-refractivity contribution in [2.45, 2.75) is 24.8 Å². The van der Waals surface area contributed by atoms with Gasteiger partial charge in [-0.25, -0.2) is 23.1 Å². The predicted octanol–water partition coefficient (Wildman–Crippen LogP) is 3.75. The van der Waals surface area contributed by atoms with Gasteiger partial charge in [0.1, 0.15) is 0 Å². The van der Waals surface area contributed by atoms with Crippen molar-refractivity contribution in [3.63, 3.8) is 0 Å². The van der Waals surface area contributed by atoms with E-state index < -0.39 is 27.9 Å². The summed E-state index contributed by atoms with van der Waals surface area (Å²) >= 11 is 5.84. The molecule has 0 bridgehead atoms. The van der Waals surface area contributed by atoms with Gasteiger partial charge in [-0.05, 0) is 68.4 Å². The molecule has 1 N–H and O–H groups in total. The minimum absolute atomic E-state index is 0.0315. The Kier molecular flexibility index (Phi) is 6.67. The van der Waals surface area contributed by atoms with Crippen molar-refractivity contribution in [1.82, 2.24) is 15.0 Å². The summed E-state index contributed by atoms with van der Waals surface area (Å²) < 4.78 is 27.4. The molecule has 0 aliphatic carbocycles. The molecule has 2 aromatic carbocycles. The molecular weight excluding hydrogens is 494 g/mol. The normalized spacial score (nSPS) is 16.0. The molecule has 35 heavy (non-hydrogen) atoms. The molecule has 1 aromatic heterocycles. The number of nitrogens with one attached hydrogen (secondary N) is 1. The Morgan fingerprint density at radius 1 is 1.06 bits per heavy atom. The van der Waals surface area contributed by atoms with Gasteiger partial charge in [0.25, 0.3) is 21.8 Å². The van der Waals surface area contributed by atoms with E-state index in [1.165, 1.54) is 54.7 Å². The number of rotatable bonds is 6. The highest BCUT2D eigenvalue weighted by Gasteiger charge is 2.38. The lowest BCUT2D eigenvalue weighted by molar-refractivity contribution is -0.127. The molecular formula is C22H18ClN7O4S. The number of nitrogens with zero attached hydrogens (tertiary/aromatic N) is 6. The zero-order valence-electron chi connectivity index (χ0n) is 18.5. The van der Waals surface area contributed by atoms with Gasteiger partial charge in [-0.2, -0.15) is 20.3 Å². The summed E-state index contributed by atoms with van der Waals surface area (Å²) in [6.07, 6.45) is 1.45. The number of hydrazone groups is 1. The Morgan fingerprint density at radius 2 is 1.74 bits per heavy atom. The molecule has 4 rings (SSSR count). The zero-order chi connectivity index (χ0) is 25.2. The molecule has 1 unspecified atom stereocenters. The standard InChI is InChI=1S/C22H18ClN7O4S/c1-13-11-12-24-22(25-13)29-35(33,34)18-9-7-17(8-10-18)26-27-19-14(2)28-30(21(19)32)20(31)15-3-5-16(23)6-4-15/h3-12,19H,1-2H3,(H,24,25,29). The molecule has 0 spiro atoms. The number of anilines is 1. The van der Waals surface area contributed by atoms with Crippen molar-refractivity contribution >= 4 is 50.8 Å². The fourth-order valence-electron chi connectivity index (χ4n) is 3.04. The van der Waals surface area contributed by atoms with Gasteiger partial charge >= 0.3 is 0 Å². The topological polar surface area (TPSA) is 146 Å². The zero-order valence-corrected chi connectivity index (χ0v) is 20.0. The van der Waals surface area contributed by atoms with Gasteiger partial charge in [0.15, 0.2) is 6.04 Å². The summed E-state index contributed by atoms with van der Waals surface area (Å²) in [6.45, 7) is 3.28. The molecule has 1 aliphatic rings. The molecule has 0 fully saturated rings. The average Bonchev–Trinajstić information content (AvgIpc) is 3.11. The van der Waals surface area contributed by atoms with E-state index in [0.29, 0.717) is 22.1 Å². The Hall–Kier alpha value is -4.03. The second-order valence-corrected chi connectivity index (χ2v) is 9.56. The van der Waals surface area contributed by atoms with E-state index in [-0.39, 0.29) is 16.4 Å². The molecule has 1 aliphatic heterocycles. The number of hydrogen-bond donors (Lipinski definition) is 1. The van der Waals surface area contributed by atoms with Crippen molar-refractivity contribution in [1.29, 1.82) is 0 Å². The lowest BCUT2D eigenvalue weighted by atomic mass is 10.2. The highest BCUT2D eigenvalue weighted by Crippen LogP contribution is 2.22. The first kappa shape index (κ1) is 24.1. The summed E-state index contributed by atoms with van der Waals surface area (Å²) in [7, 11) is -3.91. The summed E-state index contributed by atoms with van der Waals surface area (Å²) in [4.78, 5) is 33.2. The van der Waals surface area contributed by atoms with Crippen LogP contribution in [0, 0.1) is 6.92 Å². The summed E-state index contributed by atoms with van der Waals surface area (Å²) in [5, 5.41) is 13.2. The Morgan fingerprint density at radius 3 is 2.40 bits per heavy atom. The molecule has 13 heteroatoms. The smallest absolute Gasteiger partial charge is 0.269 e. The van der Waals surface area contributed by atoms with Crippen LogP contribution in [0.25, 0.3) is 0 Å². The number of sulfonamides is 1. The number of benzene rings is 2. The quantitative estimate of drug-likeness (QED) is 0.394. The molecule has 1 atom stereocenters. The van der Waals surface area contributed by atoms with E-state index in [0.717, 1.165) is 5.01 Å². The van der Waals surface area contributed by atoms with Crippen LogP contribution in [0.4, 0.5) is 11.6 Å². The largest absolute Gasteiger partial charge is 0.282 e. The van der Waals surface area contributed by atoms with Crippen LogP contribution in [0.3, 0.4) is 0 Å². The predicted molar refractivity (Wildman–Crippen MR) is 128 cm³/mol. The van der Waals surface area contributed by atoms with Crippen molar-refractivity contribution in [3.8, 4) is 0 Å². The van der Waals surface area contributed by atoms with Gasteiger partial charge in [-0.15, -0.1) is 0 Å². The number of aromatic nitrogens is 2. The van der Waals surface area contributed by atoms with Gasteiger partial charge < -0.3 is 0 Å². The lowest BCUT2D eigenvalue weighted by Crippen LogP contribution is -2.34. The third-order valence-corrected chi connectivity index (χ3v) is 6.43. The fraction of sp³-hybridized carbons (Fsp3) is 0.136. The summed E-state index contributed by atoms with van der Waals surface area (Å²) in [5.41, 5.74) is 1.46. The molecule has 11 nitrogen and oxygen atoms in total. The SMILES string of the molecule is CC1=NN(C(=O)c2ccc(Cl)cc2)C(=O)C1N=Nc1ccc(S(=O)(=O)Nc2nccc(C)n2)cc1. The van der Waals surface area contributed by atoms with Crippen molar-refractivity contribution in [2.24, 2.45) is 15.3 Å². The van der Waals surface area contributed by atoms with Crippen LogP contribution in [0.15, 0.2) is 81.0 Å². The van der Waals surface area contributed by atoms with Gasteiger partial charge in [0, 0.05) is 22.5 Å². The van der Waals surface area contributed by atoms with Gasteiger partial charge in [-0.1, -0.05) is 11.6 Å². The second kappa shape index (κ2) is 9.68. The van der Waals surface area contributed by atoms with Crippen LogP contribution in [0.5, 0.6) is 0 Å². The highest BCUT2D eigenvalue weighted by atomic mass is 35.5. The molecule has 178 valence electrons. The fourth-order valence-corrected chi connectivity index (χ4v) is 4.12. The lowest BCUT2D eigenvalue weighted by Gasteiger charge is -2.10. The van der Waals surface area contributed by atoms with Crippen LogP contribution >= 0.6 is 11.6 Å². The van der Waals surface area contributed by atoms with Crippen LogP contribution in [0.2, 0.25) is 5.02 Å². The van der Waals surface area contributed by atoms with Gasteiger partial charge in [0.2, 0.25) is 5.95 Å². The maximum Gasteiger partial charge on any atom is 0.282 e. The number of aryl methyl sites for hydroxylation is 1. The minimum Gasteiger partial charge on any atom is -0.269 e. The van der Waals surface area contributed by atoms with Crippen LogP contribution in [-0.2, 0) is 14.8 Å². The number of amides is 2. The number of azo groups is 1.